The molecule has 0 radical (unpaired) electrons. The Balaban J connectivity index is 1.90. The highest BCUT2D eigenvalue weighted by atomic mass is 32.1. The van der Waals surface area contributed by atoms with Gasteiger partial charge in [0.25, 0.3) is 0 Å². The first-order valence-corrected chi connectivity index (χ1v) is 6.29. The van der Waals surface area contributed by atoms with Gasteiger partial charge in [-0.3, -0.25) is 14.7 Å². The third-order valence-corrected chi connectivity index (χ3v) is 3.28. The van der Waals surface area contributed by atoms with Gasteiger partial charge in [0.2, 0.25) is 0 Å². The summed E-state index contributed by atoms with van der Waals surface area (Å²) in [5, 5.41) is 1.92. The number of thiophene rings is 1. The van der Waals surface area contributed by atoms with Gasteiger partial charge in [0.1, 0.15) is 0 Å². The van der Waals surface area contributed by atoms with Gasteiger partial charge in [0, 0.05) is 12.7 Å². The Bertz CT molecular complexity index is 467. The highest BCUT2D eigenvalue weighted by Gasteiger charge is 2.10. The SMILES string of the molecule is CN(CC(=O)c1cccs1)Cc1ccccn1. The summed E-state index contributed by atoms with van der Waals surface area (Å²) in [4.78, 5) is 18.9. The van der Waals surface area contributed by atoms with E-state index >= 15 is 0 Å². The predicted octanol–water partition coefficient (Wildman–Crippen LogP) is 2.46. The number of hydrogen-bond acceptors (Lipinski definition) is 4. The maximum atomic E-state index is 11.9. The van der Waals surface area contributed by atoms with Gasteiger partial charge in [0.15, 0.2) is 5.78 Å². The molecule has 0 amide bonds. The molecule has 0 unspecified atom stereocenters. The summed E-state index contributed by atoms with van der Waals surface area (Å²) in [5.41, 5.74) is 0.981. The largest absolute Gasteiger partial charge is 0.293 e. The van der Waals surface area contributed by atoms with Gasteiger partial charge >= 0.3 is 0 Å². The lowest BCUT2D eigenvalue weighted by molar-refractivity contribution is 0.0946. The zero-order valence-corrected chi connectivity index (χ0v) is 10.5. The lowest BCUT2D eigenvalue weighted by Crippen LogP contribution is -2.25. The molecule has 88 valence electrons. The Kier molecular flexibility index (Phi) is 4.01. The average molecular weight is 246 g/mol. The fourth-order valence-electron chi connectivity index (χ4n) is 1.58. The number of nitrogens with zero attached hydrogens (tertiary/aromatic N) is 2. The number of carbonyl (C=O) groups excluding carboxylic acids is 1. The van der Waals surface area contributed by atoms with Crippen molar-refractivity contribution in [3.63, 3.8) is 0 Å². The van der Waals surface area contributed by atoms with E-state index in [1.54, 1.807) is 6.20 Å². The standard InChI is InChI=1S/C13H14N2OS/c1-15(9-11-5-2-3-7-14-11)10-12(16)13-6-4-8-17-13/h2-8H,9-10H2,1H3. The van der Waals surface area contributed by atoms with Gasteiger partial charge in [-0.2, -0.15) is 0 Å². The third kappa shape index (κ3) is 3.47. The molecular formula is C13H14N2OS. The van der Waals surface area contributed by atoms with E-state index < -0.39 is 0 Å². The Morgan fingerprint density at radius 2 is 2.24 bits per heavy atom. The number of aromatic nitrogens is 1. The van der Waals surface area contributed by atoms with E-state index in [1.807, 2.05) is 47.7 Å². The van der Waals surface area contributed by atoms with Crippen LogP contribution < -0.4 is 0 Å². The second kappa shape index (κ2) is 5.70. The average Bonchev–Trinajstić information content (AvgIpc) is 2.83. The number of hydrogen-bond donors (Lipinski definition) is 0. The first-order chi connectivity index (χ1) is 8.25. The maximum absolute atomic E-state index is 11.9. The van der Waals surface area contributed by atoms with Crippen molar-refractivity contribution in [3.05, 3.63) is 52.5 Å². The third-order valence-electron chi connectivity index (χ3n) is 2.37. The molecule has 0 atom stereocenters. The highest BCUT2D eigenvalue weighted by Crippen LogP contribution is 2.10. The van der Waals surface area contributed by atoms with Crippen LogP contribution in [0.2, 0.25) is 0 Å². The van der Waals surface area contributed by atoms with Crippen LogP contribution in [0.15, 0.2) is 41.9 Å². The molecule has 0 N–H and O–H groups in total. The lowest BCUT2D eigenvalue weighted by atomic mass is 10.3. The van der Waals surface area contributed by atoms with E-state index in [4.69, 9.17) is 0 Å². The van der Waals surface area contributed by atoms with E-state index in [0.29, 0.717) is 13.1 Å². The molecule has 2 aromatic heterocycles. The van der Waals surface area contributed by atoms with Crippen LogP contribution in [0, 0.1) is 0 Å². The molecule has 2 rings (SSSR count). The molecule has 0 spiro atoms. The minimum Gasteiger partial charge on any atom is -0.293 e. The van der Waals surface area contributed by atoms with Crippen molar-refractivity contribution in [2.45, 2.75) is 6.54 Å². The van der Waals surface area contributed by atoms with E-state index in [2.05, 4.69) is 4.98 Å². The van der Waals surface area contributed by atoms with E-state index in [-0.39, 0.29) is 5.78 Å². The molecule has 3 nitrogen and oxygen atoms in total. The van der Waals surface area contributed by atoms with Gasteiger partial charge < -0.3 is 0 Å². The van der Waals surface area contributed by atoms with Crippen LogP contribution in [0.1, 0.15) is 15.4 Å². The predicted molar refractivity (Wildman–Crippen MR) is 69.2 cm³/mol. The number of rotatable bonds is 5. The summed E-state index contributed by atoms with van der Waals surface area (Å²) in [5.74, 6) is 0.165. The smallest absolute Gasteiger partial charge is 0.186 e. The van der Waals surface area contributed by atoms with Crippen molar-refractivity contribution < 1.29 is 4.79 Å². The first-order valence-electron chi connectivity index (χ1n) is 5.41. The molecule has 0 aliphatic heterocycles. The topological polar surface area (TPSA) is 33.2 Å². The fourth-order valence-corrected chi connectivity index (χ4v) is 2.24. The Morgan fingerprint density at radius 1 is 1.35 bits per heavy atom. The first kappa shape index (κ1) is 12.0. The number of ketones is 1. The second-order valence-electron chi connectivity index (χ2n) is 3.89. The zero-order valence-electron chi connectivity index (χ0n) is 9.67. The Morgan fingerprint density at radius 3 is 2.88 bits per heavy atom. The van der Waals surface area contributed by atoms with E-state index in [9.17, 15) is 4.79 Å². The van der Waals surface area contributed by atoms with E-state index in [1.165, 1.54) is 11.3 Å². The van der Waals surface area contributed by atoms with Gasteiger partial charge in [0.05, 0.1) is 17.1 Å². The molecule has 2 aromatic rings. The highest BCUT2D eigenvalue weighted by molar-refractivity contribution is 7.12. The molecule has 4 heteroatoms. The molecule has 0 fully saturated rings. The van der Waals surface area contributed by atoms with Crippen molar-refractivity contribution in [2.75, 3.05) is 13.6 Å². The lowest BCUT2D eigenvalue weighted by Gasteiger charge is -2.14. The van der Waals surface area contributed by atoms with Gasteiger partial charge in [-0.1, -0.05) is 12.1 Å². The number of likely N-dealkylation sites (N-methyl/N-ethyl adjacent to an activating group) is 1. The van der Waals surface area contributed by atoms with E-state index in [0.717, 1.165) is 10.6 Å². The van der Waals surface area contributed by atoms with Crippen molar-refractivity contribution in [1.29, 1.82) is 0 Å². The monoisotopic (exact) mass is 246 g/mol. The van der Waals surface area contributed by atoms with Crippen LogP contribution in [-0.4, -0.2) is 29.3 Å². The van der Waals surface area contributed by atoms with Crippen molar-refractivity contribution in [1.82, 2.24) is 9.88 Å². The Hall–Kier alpha value is -1.52. The quantitative estimate of drug-likeness (QED) is 0.760. The molecule has 2 heterocycles. The second-order valence-corrected chi connectivity index (χ2v) is 4.84. The van der Waals surface area contributed by atoms with Gasteiger partial charge in [-0.25, -0.2) is 0 Å². The molecule has 0 bridgehead atoms. The summed E-state index contributed by atoms with van der Waals surface area (Å²) < 4.78 is 0. The summed E-state index contributed by atoms with van der Waals surface area (Å²) >= 11 is 1.49. The molecule has 0 aromatic carbocycles. The zero-order chi connectivity index (χ0) is 12.1. The fraction of sp³-hybridized carbons (Fsp3) is 0.231. The van der Waals surface area contributed by atoms with Crippen LogP contribution in [0.25, 0.3) is 0 Å². The molecule has 0 aliphatic rings. The summed E-state index contributed by atoms with van der Waals surface area (Å²) in [6.45, 7) is 1.12. The van der Waals surface area contributed by atoms with Crippen molar-refractivity contribution in [3.8, 4) is 0 Å². The summed E-state index contributed by atoms with van der Waals surface area (Å²) in [6, 6.07) is 9.57. The normalized spacial score (nSPS) is 10.7. The molecule has 0 saturated carbocycles. The molecule has 0 aliphatic carbocycles. The van der Waals surface area contributed by atoms with Crippen LogP contribution in [-0.2, 0) is 6.54 Å². The minimum absolute atomic E-state index is 0.165. The van der Waals surface area contributed by atoms with Crippen molar-refractivity contribution >= 4 is 17.1 Å². The van der Waals surface area contributed by atoms with Gasteiger partial charge in [-0.15, -0.1) is 11.3 Å². The van der Waals surface area contributed by atoms with Crippen LogP contribution in [0.5, 0.6) is 0 Å². The van der Waals surface area contributed by atoms with Crippen molar-refractivity contribution in [2.24, 2.45) is 0 Å². The maximum Gasteiger partial charge on any atom is 0.186 e. The van der Waals surface area contributed by atoms with Crippen LogP contribution >= 0.6 is 11.3 Å². The summed E-state index contributed by atoms with van der Waals surface area (Å²) in [7, 11) is 1.93. The van der Waals surface area contributed by atoms with Gasteiger partial charge in [-0.05, 0) is 30.6 Å². The molecule has 0 saturated heterocycles. The number of Topliss-reactive ketones (excluding diaryl/α,β-unsaturated/α-hetero) is 1. The molecule has 17 heavy (non-hydrogen) atoms. The number of pyridine rings is 1. The minimum atomic E-state index is 0.165. The molecular weight excluding hydrogens is 232 g/mol. The van der Waals surface area contributed by atoms with Crippen LogP contribution in [0.4, 0.5) is 0 Å². The Labute approximate surface area is 105 Å². The van der Waals surface area contributed by atoms with Crippen LogP contribution in [0.3, 0.4) is 0 Å². The number of carbonyl (C=O) groups is 1. The summed E-state index contributed by atoms with van der Waals surface area (Å²) in [6.07, 6.45) is 1.77.